The quantitative estimate of drug-likeness (QED) is 0.616. The first-order chi connectivity index (χ1) is 9.97. The van der Waals surface area contributed by atoms with Gasteiger partial charge in [0.1, 0.15) is 5.56 Å². The molecule has 1 aromatic carbocycles. The van der Waals surface area contributed by atoms with Gasteiger partial charge in [-0.15, -0.1) is 0 Å². The first kappa shape index (κ1) is 15.2. The number of likely N-dealkylation sites (tertiary alicyclic amines) is 1. The number of hydrogen-bond acceptors (Lipinski definition) is 5. The Balaban J connectivity index is 2.07. The smallest absolute Gasteiger partial charge is 0.342 e. The monoisotopic (exact) mass is 293 g/mol. The molecule has 21 heavy (non-hydrogen) atoms. The molecule has 7 heteroatoms. The van der Waals surface area contributed by atoms with Crippen LogP contribution in [0.15, 0.2) is 18.2 Å². The van der Waals surface area contributed by atoms with E-state index >= 15 is 0 Å². The van der Waals surface area contributed by atoms with Crippen LogP contribution in [0.3, 0.4) is 0 Å². The summed E-state index contributed by atoms with van der Waals surface area (Å²) in [5, 5.41) is 23.1. The molecular weight excluding hydrogens is 274 g/mol. The summed E-state index contributed by atoms with van der Waals surface area (Å²) in [5.41, 5.74) is -0.0942. The van der Waals surface area contributed by atoms with Crippen molar-refractivity contribution in [3.8, 4) is 0 Å². The van der Waals surface area contributed by atoms with E-state index in [1.54, 1.807) is 6.07 Å². The number of rotatable bonds is 6. The van der Waals surface area contributed by atoms with Gasteiger partial charge in [0.05, 0.1) is 4.92 Å². The highest BCUT2D eigenvalue weighted by Gasteiger charge is 2.21. The lowest BCUT2D eigenvalue weighted by molar-refractivity contribution is -0.385. The van der Waals surface area contributed by atoms with Gasteiger partial charge in [-0.05, 0) is 45.0 Å². The lowest BCUT2D eigenvalue weighted by Gasteiger charge is -2.22. The Morgan fingerprint density at radius 2 is 2.14 bits per heavy atom. The molecule has 0 aliphatic carbocycles. The molecule has 0 aromatic heterocycles. The van der Waals surface area contributed by atoms with Gasteiger partial charge in [0.25, 0.3) is 5.69 Å². The molecule has 1 atom stereocenters. The molecule has 114 valence electrons. The van der Waals surface area contributed by atoms with Gasteiger partial charge >= 0.3 is 5.97 Å². The predicted molar refractivity (Wildman–Crippen MR) is 78.8 cm³/mol. The summed E-state index contributed by atoms with van der Waals surface area (Å²) in [4.78, 5) is 23.6. The number of nitro benzene ring substituents is 1. The fourth-order valence-electron chi connectivity index (χ4n) is 2.64. The van der Waals surface area contributed by atoms with Crippen LogP contribution in [-0.2, 0) is 0 Å². The molecular formula is C14H19N3O4. The van der Waals surface area contributed by atoms with Gasteiger partial charge < -0.3 is 15.3 Å². The summed E-state index contributed by atoms with van der Waals surface area (Å²) >= 11 is 0. The van der Waals surface area contributed by atoms with Crippen LogP contribution in [0.1, 0.15) is 30.1 Å². The second-order valence-electron chi connectivity index (χ2n) is 5.35. The Morgan fingerprint density at radius 3 is 2.71 bits per heavy atom. The van der Waals surface area contributed by atoms with E-state index in [0.29, 0.717) is 5.69 Å². The molecule has 1 aliphatic rings. The summed E-state index contributed by atoms with van der Waals surface area (Å²) in [6.45, 7) is 5.07. The number of hydrogen-bond donors (Lipinski definition) is 2. The minimum absolute atomic E-state index is 0.145. The van der Waals surface area contributed by atoms with E-state index in [0.717, 1.165) is 19.6 Å². The highest BCUT2D eigenvalue weighted by atomic mass is 16.6. The fourth-order valence-corrected chi connectivity index (χ4v) is 2.64. The van der Waals surface area contributed by atoms with Crippen molar-refractivity contribution in [1.29, 1.82) is 0 Å². The van der Waals surface area contributed by atoms with Crippen LogP contribution in [0, 0.1) is 10.1 Å². The van der Waals surface area contributed by atoms with E-state index in [1.807, 2.05) is 6.92 Å². The highest BCUT2D eigenvalue weighted by molar-refractivity contribution is 5.93. The van der Waals surface area contributed by atoms with Crippen molar-refractivity contribution in [1.82, 2.24) is 4.90 Å². The Bertz CT molecular complexity index is 541. The molecule has 0 amide bonds. The molecule has 0 saturated carbocycles. The van der Waals surface area contributed by atoms with E-state index in [9.17, 15) is 14.9 Å². The molecule has 0 spiro atoms. The van der Waals surface area contributed by atoms with E-state index in [2.05, 4.69) is 10.2 Å². The van der Waals surface area contributed by atoms with Crippen LogP contribution < -0.4 is 5.32 Å². The molecule has 0 bridgehead atoms. The van der Waals surface area contributed by atoms with Gasteiger partial charge in [-0.2, -0.15) is 0 Å². The Labute approximate surface area is 122 Å². The predicted octanol–water partition coefficient (Wildman–Crippen LogP) is 2.19. The number of aromatic carboxylic acids is 1. The molecule has 2 N–H and O–H groups in total. The van der Waals surface area contributed by atoms with Crippen molar-refractivity contribution in [2.24, 2.45) is 0 Å². The van der Waals surface area contributed by atoms with Crippen molar-refractivity contribution < 1.29 is 14.8 Å². The lowest BCUT2D eigenvalue weighted by atomic mass is 10.1. The third-order valence-corrected chi connectivity index (χ3v) is 3.57. The molecule has 1 saturated heterocycles. The molecule has 7 nitrogen and oxygen atoms in total. The molecule has 1 aromatic rings. The van der Waals surface area contributed by atoms with Gasteiger partial charge in [-0.25, -0.2) is 4.79 Å². The van der Waals surface area contributed by atoms with E-state index in [4.69, 9.17) is 5.11 Å². The van der Waals surface area contributed by atoms with Crippen LogP contribution in [0.4, 0.5) is 11.4 Å². The molecule has 1 heterocycles. The van der Waals surface area contributed by atoms with E-state index < -0.39 is 10.9 Å². The third kappa shape index (κ3) is 3.91. The third-order valence-electron chi connectivity index (χ3n) is 3.57. The molecule has 1 unspecified atom stereocenters. The Hall–Kier alpha value is -2.15. The highest BCUT2D eigenvalue weighted by Crippen LogP contribution is 2.23. The number of anilines is 1. The zero-order chi connectivity index (χ0) is 15.4. The van der Waals surface area contributed by atoms with Gasteiger partial charge in [0.2, 0.25) is 0 Å². The summed E-state index contributed by atoms with van der Waals surface area (Å²) in [5.74, 6) is -1.29. The van der Waals surface area contributed by atoms with Gasteiger partial charge in [-0.3, -0.25) is 10.1 Å². The van der Waals surface area contributed by atoms with Gasteiger partial charge in [0.15, 0.2) is 0 Å². The van der Waals surface area contributed by atoms with Crippen LogP contribution in [0.5, 0.6) is 0 Å². The number of carboxylic acid groups (broad SMARTS) is 1. The van der Waals surface area contributed by atoms with Crippen molar-refractivity contribution in [3.05, 3.63) is 33.9 Å². The minimum Gasteiger partial charge on any atom is -0.477 e. The van der Waals surface area contributed by atoms with Crippen molar-refractivity contribution in [3.63, 3.8) is 0 Å². The maximum Gasteiger partial charge on any atom is 0.342 e. The van der Waals surface area contributed by atoms with E-state index in [-0.39, 0.29) is 17.3 Å². The van der Waals surface area contributed by atoms with Crippen molar-refractivity contribution in [2.45, 2.75) is 25.8 Å². The number of nitrogens with zero attached hydrogens (tertiary/aromatic N) is 2. The topological polar surface area (TPSA) is 95.7 Å². The number of carboxylic acids is 1. The first-order valence-electron chi connectivity index (χ1n) is 6.98. The summed E-state index contributed by atoms with van der Waals surface area (Å²) in [7, 11) is 0. The van der Waals surface area contributed by atoms with Crippen molar-refractivity contribution in [2.75, 3.05) is 25.0 Å². The SMILES string of the molecule is CC(CN1CCCC1)Nc1ccc([N+](=O)[O-])c(C(=O)O)c1. The van der Waals surface area contributed by atoms with Crippen LogP contribution in [-0.4, -0.2) is 46.6 Å². The summed E-state index contributed by atoms with van der Waals surface area (Å²) in [6, 6.07) is 4.24. The van der Waals surface area contributed by atoms with Crippen molar-refractivity contribution >= 4 is 17.3 Å². The second kappa shape index (κ2) is 6.53. The fraction of sp³-hybridized carbons (Fsp3) is 0.500. The summed E-state index contributed by atoms with van der Waals surface area (Å²) < 4.78 is 0. The number of carbonyl (C=O) groups is 1. The van der Waals surface area contributed by atoms with Crippen LogP contribution >= 0.6 is 0 Å². The van der Waals surface area contributed by atoms with Gasteiger partial charge in [-0.1, -0.05) is 0 Å². The maximum atomic E-state index is 11.1. The number of benzene rings is 1. The Morgan fingerprint density at radius 1 is 1.48 bits per heavy atom. The largest absolute Gasteiger partial charge is 0.477 e. The van der Waals surface area contributed by atoms with Gasteiger partial charge in [0, 0.05) is 24.3 Å². The maximum absolute atomic E-state index is 11.1. The second-order valence-corrected chi connectivity index (χ2v) is 5.35. The molecule has 1 aliphatic heterocycles. The standard InChI is InChI=1S/C14H19N3O4/c1-10(9-16-6-2-3-7-16)15-11-4-5-13(17(20)21)12(8-11)14(18)19/h4-5,8,10,15H,2-3,6-7,9H2,1H3,(H,18,19). The Kier molecular flexibility index (Phi) is 4.74. The lowest BCUT2D eigenvalue weighted by Crippen LogP contribution is -2.33. The number of nitro groups is 1. The molecule has 0 radical (unpaired) electrons. The average Bonchev–Trinajstić information content (AvgIpc) is 2.90. The zero-order valence-electron chi connectivity index (χ0n) is 11.9. The normalized spacial score (nSPS) is 16.6. The number of nitrogens with one attached hydrogen (secondary N) is 1. The molecule has 2 rings (SSSR count). The van der Waals surface area contributed by atoms with E-state index in [1.165, 1.54) is 25.0 Å². The molecule has 1 fully saturated rings. The average molecular weight is 293 g/mol. The minimum atomic E-state index is -1.29. The first-order valence-corrected chi connectivity index (χ1v) is 6.98. The van der Waals surface area contributed by atoms with Crippen LogP contribution in [0.2, 0.25) is 0 Å². The zero-order valence-corrected chi connectivity index (χ0v) is 11.9. The van der Waals surface area contributed by atoms with Crippen LogP contribution in [0.25, 0.3) is 0 Å². The summed E-state index contributed by atoms with van der Waals surface area (Å²) in [6.07, 6.45) is 2.43.